The van der Waals surface area contributed by atoms with Crippen LogP contribution >= 0.6 is 22.9 Å². The van der Waals surface area contributed by atoms with Crippen molar-refractivity contribution >= 4 is 22.9 Å². The van der Waals surface area contributed by atoms with E-state index in [1.54, 1.807) is 11.3 Å². The van der Waals surface area contributed by atoms with E-state index in [-0.39, 0.29) is 0 Å². The number of hydrogen-bond donors (Lipinski definition) is 0. The Kier molecular flexibility index (Phi) is 2.61. The molecule has 2 rings (SSSR count). The average Bonchev–Trinajstić information content (AvgIpc) is 2.73. The van der Waals surface area contributed by atoms with Gasteiger partial charge in [0, 0.05) is 4.88 Å². The zero-order valence-corrected chi connectivity index (χ0v) is 9.58. The van der Waals surface area contributed by atoms with E-state index in [2.05, 4.69) is 24.9 Å². The number of oxazole rings is 1. The topological polar surface area (TPSA) is 26.0 Å². The van der Waals surface area contributed by atoms with Crippen LogP contribution in [0.25, 0.3) is 10.6 Å². The SMILES string of the molecule is Cc1cc(-c2ocnc2CCl)sc1C. The molecule has 2 aromatic heterocycles. The lowest BCUT2D eigenvalue weighted by molar-refractivity contribution is 0.572. The molecule has 14 heavy (non-hydrogen) atoms. The van der Waals surface area contributed by atoms with Crippen LogP contribution in [0.3, 0.4) is 0 Å². The first-order valence-corrected chi connectivity index (χ1v) is 5.63. The number of halogens is 1. The summed E-state index contributed by atoms with van der Waals surface area (Å²) in [6, 6.07) is 2.11. The van der Waals surface area contributed by atoms with Gasteiger partial charge in [0.15, 0.2) is 12.2 Å². The smallest absolute Gasteiger partial charge is 0.181 e. The molecule has 0 unspecified atom stereocenters. The van der Waals surface area contributed by atoms with Gasteiger partial charge in [0.1, 0.15) is 5.69 Å². The number of rotatable bonds is 2. The predicted molar refractivity (Wildman–Crippen MR) is 58.8 cm³/mol. The molecule has 0 amide bonds. The van der Waals surface area contributed by atoms with Gasteiger partial charge in [-0.25, -0.2) is 4.98 Å². The lowest BCUT2D eigenvalue weighted by Crippen LogP contribution is -1.79. The van der Waals surface area contributed by atoms with Crippen molar-refractivity contribution in [3.8, 4) is 10.6 Å². The van der Waals surface area contributed by atoms with Gasteiger partial charge in [-0.2, -0.15) is 0 Å². The van der Waals surface area contributed by atoms with Crippen LogP contribution in [0, 0.1) is 13.8 Å². The van der Waals surface area contributed by atoms with Crippen molar-refractivity contribution < 1.29 is 4.42 Å². The van der Waals surface area contributed by atoms with E-state index in [1.807, 2.05) is 0 Å². The molecule has 2 nitrogen and oxygen atoms in total. The molecule has 0 aliphatic heterocycles. The fourth-order valence-corrected chi connectivity index (χ4v) is 2.48. The number of nitrogens with zero attached hydrogens (tertiary/aromatic N) is 1. The maximum absolute atomic E-state index is 5.75. The van der Waals surface area contributed by atoms with Crippen LogP contribution in [0.4, 0.5) is 0 Å². The highest BCUT2D eigenvalue weighted by molar-refractivity contribution is 7.15. The summed E-state index contributed by atoms with van der Waals surface area (Å²) in [5.74, 6) is 1.20. The largest absolute Gasteiger partial charge is 0.442 e. The summed E-state index contributed by atoms with van der Waals surface area (Å²) in [6.07, 6.45) is 1.44. The van der Waals surface area contributed by atoms with Crippen molar-refractivity contribution in [2.45, 2.75) is 19.7 Å². The van der Waals surface area contributed by atoms with E-state index in [1.165, 1.54) is 16.8 Å². The summed E-state index contributed by atoms with van der Waals surface area (Å²) in [5.41, 5.74) is 2.09. The Balaban J connectivity index is 2.49. The van der Waals surface area contributed by atoms with Crippen LogP contribution in [-0.4, -0.2) is 4.98 Å². The minimum absolute atomic E-state index is 0.391. The highest BCUT2D eigenvalue weighted by atomic mass is 35.5. The second kappa shape index (κ2) is 3.75. The molecule has 0 saturated heterocycles. The second-order valence-electron chi connectivity index (χ2n) is 3.11. The van der Waals surface area contributed by atoms with Crippen LogP contribution in [0.15, 0.2) is 16.9 Å². The molecule has 0 fully saturated rings. The molecule has 0 radical (unpaired) electrons. The van der Waals surface area contributed by atoms with Crippen molar-refractivity contribution in [1.82, 2.24) is 4.98 Å². The summed E-state index contributed by atoms with van der Waals surface area (Å²) in [5, 5.41) is 0. The standard InChI is InChI=1S/C10H10ClNOS/c1-6-3-9(14-7(6)2)10-8(4-11)12-5-13-10/h3,5H,4H2,1-2H3. The van der Waals surface area contributed by atoms with E-state index in [9.17, 15) is 0 Å². The third-order valence-electron chi connectivity index (χ3n) is 2.16. The van der Waals surface area contributed by atoms with Gasteiger partial charge in [-0.15, -0.1) is 22.9 Å². The van der Waals surface area contributed by atoms with Gasteiger partial charge in [0.05, 0.1) is 10.8 Å². The van der Waals surface area contributed by atoms with Gasteiger partial charge in [-0.3, -0.25) is 0 Å². The monoisotopic (exact) mass is 227 g/mol. The summed E-state index contributed by atoms with van der Waals surface area (Å²) in [4.78, 5) is 6.47. The first-order valence-electron chi connectivity index (χ1n) is 4.28. The van der Waals surface area contributed by atoms with Gasteiger partial charge in [-0.1, -0.05) is 0 Å². The molecular weight excluding hydrogens is 218 g/mol. The molecule has 0 N–H and O–H groups in total. The predicted octanol–water partition coefficient (Wildman–Crippen LogP) is 3.76. The molecular formula is C10H10ClNOS. The van der Waals surface area contributed by atoms with Crippen molar-refractivity contribution in [3.63, 3.8) is 0 Å². The summed E-state index contributed by atoms with van der Waals surface area (Å²) < 4.78 is 5.32. The Hall–Kier alpha value is -0.800. The van der Waals surface area contributed by atoms with Crippen LogP contribution in [0.1, 0.15) is 16.1 Å². The minimum Gasteiger partial charge on any atom is -0.442 e. The molecule has 0 aromatic carbocycles. The molecule has 2 heterocycles. The van der Waals surface area contributed by atoms with Crippen LogP contribution in [-0.2, 0) is 5.88 Å². The first-order chi connectivity index (χ1) is 6.72. The summed E-state index contributed by atoms with van der Waals surface area (Å²) in [6.45, 7) is 4.19. The third kappa shape index (κ3) is 1.57. The number of hydrogen-bond acceptors (Lipinski definition) is 3. The first kappa shape index (κ1) is 9.74. The fourth-order valence-electron chi connectivity index (χ4n) is 1.25. The Morgan fingerprint density at radius 1 is 1.50 bits per heavy atom. The Labute approximate surface area is 91.5 Å². The molecule has 0 bridgehead atoms. The van der Waals surface area contributed by atoms with Crippen LogP contribution in [0.5, 0.6) is 0 Å². The quantitative estimate of drug-likeness (QED) is 0.731. The maximum atomic E-state index is 5.75. The second-order valence-corrected chi connectivity index (χ2v) is 4.64. The van der Waals surface area contributed by atoms with Gasteiger partial charge < -0.3 is 4.42 Å². The van der Waals surface area contributed by atoms with E-state index < -0.39 is 0 Å². The van der Waals surface area contributed by atoms with Gasteiger partial charge in [-0.05, 0) is 25.5 Å². The Morgan fingerprint density at radius 2 is 2.29 bits per heavy atom. The maximum Gasteiger partial charge on any atom is 0.181 e. The molecule has 0 saturated carbocycles. The molecule has 0 atom stereocenters. The lowest BCUT2D eigenvalue weighted by Gasteiger charge is -1.91. The highest BCUT2D eigenvalue weighted by Crippen LogP contribution is 2.32. The highest BCUT2D eigenvalue weighted by Gasteiger charge is 2.12. The van der Waals surface area contributed by atoms with Gasteiger partial charge >= 0.3 is 0 Å². The van der Waals surface area contributed by atoms with Gasteiger partial charge in [0.25, 0.3) is 0 Å². The number of aromatic nitrogens is 1. The number of aryl methyl sites for hydroxylation is 2. The van der Waals surface area contributed by atoms with E-state index in [4.69, 9.17) is 16.0 Å². The summed E-state index contributed by atoms with van der Waals surface area (Å²) >= 11 is 7.46. The van der Waals surface area contributed by atoms with Gasteiger partial charge in [0.2, 0.25) is 0 Å². The molecule has 2 aromatic rings. The van der Waals surface area contributed by atoms with Crippen molar-refractivity contribution in [3.05, 3.63) is 28.6 Å². The van der Waals surface area contributed by atoms with Crippen molar-refractivity contribution in [2.75, 3.05) is 0 Å². The average molecular weight is 228 g/mol. The summed E-state index contributed by atoms with van der Waals surface area (Å²) in [7, 11) is 0. The normalized spacial score (nSPS) is 10.8. The Morgan fingerprint density at radius 3 is 2.86 bits per heavy atom. The molecule has 0 aliphatic carbocycles. The Bertz CT molecular complexity index is 427. The zero-order valence-electron chi connectivity index (χ0n) is 8.00. The minimum atomic E-state index is 0.391. The van der Waals surface area contributed by atoms with Crippen LogP contribution < -0.4 is 0 Å². The van der Waals surface area contributed by atoms with E-state index in [0.29, 0.717) is 5.88 Å². The van der Waals surface area contributed by atoms with Crippen LogP contribution in [0.2, 0.25) is 0 Å². The molecule has 0 spiro atoms. The van der Waals surface area contributed by atoms with Crippen molar-refractivity contribution in [2.24, 2.45) is 0 Å². The number of alkyl halides is 1. The molecule has 0 aliphatic rings. The van der Waals surface area contributed by atoms with Crippen molar-refractivity contribution in [1.29, 1.82) is 0 Å². The van der Waals surface area contributed by atoms with E-state index >= 15 is 0 Å². The lowest BCUT2D eigenvalue weighted by atomic mass is 10.2. The number of thiophene rings is 1. The molecule has 4 heteroatoms. The third-order valence-corrected chi connectivity index (χ3v) is 3.56. The zero-order chi connectivity index (χ0) is 10.1. The van der Waals surface area contributed by atoms with E-state index in [0.717, 1.165) is 16.3 Å². The molecule has 74 valence electrons. The fraction of sp³-hybridized carbons (Fsp3) is 0.300.